The molecule has 0 unspecified atom stereocenters. The highest BCUT2D eigenvalue weighted by atomic mass is 32.2. The summed E-state index contributed by atoms with van der Waals surface area (Å²) in [5, 5.41) is 17.1. The zero-order valence-corrected chi connectivity index (χ0v) is 18.0. The van der Waals surface area contributed by atoms with Gasteiger partial charge in [0.1, 0.15) is 17.1 Å². The monoisotopic (exact) mass is 434 g/mol. The minimum absolute atomic E-state index is 0.265. The first-order chi connectivity index (χ1) is 13.7. The number of likely N-dealkylation sites (N-methyl/N-ethyl adjacent to an activating group) is 1. The standard InChI is InChI=1S/C18H22N6O3S2/c1-10-13(9-23(2)21-10)14-7-15(24(3)29(26,27)22-14)17(25)20-18-12(8-19)11-5-4-6-16(11)28-18/h9,14-15,22H,4-7H2,1-3H3,(H,20,25)/t14-,15-/m1/s1. The summed E-state index contributed by atoms with van der Waals surface area (Å²) in [4.78, 5) is 14.2. The summed E-state index contributed by atoms with van der Waals surface area (Å²) in [5.74, 6) is -0.430. The van der Waals surface area contributed by atoms with Gasteiger partial charge < -0.3 is 5.32 Å². The second-order valence-electron chi connectivity index (χ2n) is 7.45. The van der Waals surface area contributed by atoms with Crippen LogP contribution in [0, 0.1) is 18.3 Å². The van der Waals surface area contributed by atoms with E-state index >= 15 is 0 Å². The van der Waals surface area contributed by atoms with Crippen LogP contribution in [0.15, 0.2) is 6.20 Å². The van der Waals surface area contributed by atoms with Crippen LogP contribution < -0.4 is 10.0 Å². The number of fused-ring (bicyclic) bond motifs is 1. The van der Waals surface area contributed by atoms with E-state index in [9.17, 15) is 18.5 Å². The molecule has 2 N–H and O–H groups in total. The van der Waals surface area contributed by atoms with Gasteiger partial charge in [0.25, 0.3) is 10.2 Å². The number of nitriles is 1. The zero-order chi connectivity index (χ0) is 20.9. The van der Waals surface area contributed by atoms with Crippen LogP contribution in [0.2, 0.25) is 0 Å². The van der Waals surface area contributed by atoms with Crippen molar-refractivity contribution in [2.75, 3.05) is 12.4 Å². The van der Waals surface area contributed by atoms with Crippen LogP contribution in [0.3, 0.4) is 0 Å². The minimum Gasteiger partial charge on any atom is -0.315 e. The summed E-state index contributed by atoms with van der Waals surface area (Å²) in [5.41, 5.74) is 2.98. The van der Waals surface area contributed by atoms with Crippen molar-refractivity contribution in [2.24, 2.45) is 7.05 Å². The topological polar surface area (TPSA) is 120 Å². The van der Waals surface area contributed by atoms with Crippen molar-refractivity contribution in [3.8, 4) is 6.07 Å². The van der Waals surface area contributed by atoms with Crippen molar-refractivity contribution in [1.29, 1.82) is 5.26 Å². The van der Waals surface area contributed by atoms with Gasteiger partial charge in [-0.1, -0.05) is 0 Å². The first-order valence-corrected chi connectivity index (χ1v) is 11.6. The number of carbonyl (C=O) groups excluding carboxylic acids is 1. The molecule has 1 aliphatic carbocycles. The van der Waals surface area contributed by atoms with E-state index in [1.807, 2.05) is 6.92 Å². The summed E-state index contributed by atoms with van der Waals surface area (Å²) in [6, 6.07) is 0.751. The number of hydrogen-bond donors (Lipinski definition) is 2. The Kier molecular flexibility index (Phi) is 4.98. The molecule has 1 aliphatic heterocycles. The third kappa shape index (κ3) is 3.46. The molecule has 2 aromatic rings. The Morgan fingerprint density at radius 3 is 2.83 bits per heavy atom. The Balaban J connectivity index is 1.62. The number of nitrogens with zero attached hydrogens (tertiary/aromatic N) is 4. The van der Waals surface area contributed by atoms with Gasteiger partial charge in [-0.15, -0.1) is 11.3 Å². The molecule has 0 aromatic carbocycles. The Hall–Kier alpha value is -2.26. The second-order valence-corrected chi connectivity index (χ2v) is 10.3. The Morgan fingerprint density at radius 2 is 2.17 bits per heavy atom. The molecule has 0 spiro atoms. The number of hydrogen-bond acceptors (Lipinski definition) is 6. The Labute approximate surface area is 173 Å². The molecular formula is C18H22N6O3S2. The van der Waals surface area contributed by atoms with Crippen LogP contribution in [-0.4, -0.2) is 41.5 Å². The number of carbonyl (C=O) groups is 1. The summed E-state index contributed by atoms with van der Waals surface area (Å²) < 4.78 is 30.6. The molecule has 3 heterocycles. The number of rotatable bonds is 3. The van der Waals surface area contributed by atoms with Gasteiger partial charge in [0, 0.05) is 30.7 Å². The zero-order valence-electron chi connectivity index (χ0n) is 16.4. The third-order valence-corrected chi connectivity index (χ3v) is 8.37. The van der Waals surface area contributed by atoms with Crippen molar-refractivity contribution in [3.63, 3.8) is 0 Å². The van der Waals surface area contributed by atoms with Crippen molar-refractivity contribution in [1.82, 2.24) is 18.8 Å². The fourth-order valence-electron chi connectivity index (χ4n) is 4.08. The van der Waals surface area contributed by atoms with Gasteiger partial charge in [0.05, 0.1) is 17.3 Å². The van der Waals surface area contributed by atoms with Crippen LogP contribution >= 0.6 is 11.3 Å². The first-order valence-electron chi connectivity index (χ1n) is 9.32. The van der Waals surface area contributed by atoms with Crippen LogP contribution in [0.25, 0.3) is 0 Å². The minimum atomic E-state index is -3.84. The maximum atomic E-state index is 13.1. The number of aromatic nitrogens is 2. The maximum absolute atomic E-state index is 13.1. The van der Waals surface area contributed by atoms with E-state index in [0.29, 0.717) is 16.3 Å². The summed E-state index contributed by atoms with van der Waals surface area (Å²) in [7, 11) is -0.686. The van der Waals surface area contributed by atoms with Gasteiger partial charge in [0.15, 0.2) is 0 Å². The van der Waals surface area contributed by atoms with Gasteiger partial charge in [-0.05, 0) is 38.2 Å². The summed E-state index contributed by atoms with van der Waals surface area (Å²) in [6.07, 6.45) is 4.80. The Morgan fingerprint density at radius 1 is 1.41 bits per heavy atom. The summed E-state index contributed by atoms with van der Waals surface area (Å²) in [6.45, 7) is 1.81. The molecule has 2 atom stereocenters. The largest absolute Gasteiger partial charge is 0.315 e. The summed E-state index contributed by atoms with van der Waals surface area (Å²) >= 11 is 1.42. The molecule has 1 fully saturated rings. The van der Waals surface area contributed by atoms with Gasteiger partial charge in [-0.25, -0.2) is 0 Å². The van der Waals surface area contributed by atoms with Gasteiger partial charge in [0.2, 0.25) is 5.91 Å². The molecule has 0 saturated carbocycles. The molecule has 29 heavy (non-hydrogen) atoms. The molecular weight excluding hydrogens is 412 g/mol. The van der Waals surface area contributed by atoms with E-state index < -0.39 is 28.2 Å². The third-order valence-electron chi connectivity index (χ3n) is 5.57. The highest BCUT2D eigenvalue weighted by Gasteiger charge is 2.42. The van der Waals surface area contributed by atoms with Crippen LogP contribution in [0.1, 0.15) is 46.1 Å². The van der Waals surface area contributed by atoms with Gasteiger partial charge in [-0.3, -0.25) is 9.48 Å². The van der Waals surface area contributed by atoms with Gasteiger partial charge in [-0.2, -0.15) is 27.8 Å². The SMILES string of the molecule is Cc1nn(C)cc1[C@H]1C[C@H](C(=O)Nc2sc3c(c2C#N)CCC3)N(C)S(=O)(=O)N1. The van der Waals surface area contributed by atoms with E-state index in [4.69, 9.17) is 0 Å². The van der Waals surface area contributed by atoms with Crippen LogP contribution in [0.5, 0.6) is 0 Å². The number of nitrogens with one attached hydrogen (secondary N) is 2. The lowest BCUT2D eigenvalue weighted by Crippen LogP contribution is -2.56. The maximum Gasteiger partial charge on any atom is 0.280 e. The van der Waals surface area contributed by atoms with Gasteiger partial charge >= 0.3 is 0 Å². The number of anilines is 1. The number of thiophene rings is 1. The fraction of sp³-hybridized carbons (Fsp3) is 0.500. The highest BCUT2D eigenvalue weighted by molar-refractivity contribution is 7.87. The van der Waals surface area contributed by atoms with E-state index in [0.717, 1.165) is 39.6 Å². The highest BCUT2D eigenvalue weighted by Crippen LogP contribution is 2.39. The van der Waals surface area contributed by atoms with Crippen molar-refractivity contribution >= 4 is 32.5 Å². The average Bonchev–Trinajstić information content (AvgIpc) is 3.31. The molecule has 0 radical (unpaired) electrons. The predicted molar refractivity (Wildman–Crippen MR) is 109 cm³/mol. The molecule has 2 aliphatic rings. The average molecular weight is 435 g/mol. The number of amides is 1. The smallest absolute Gasteiger partial charge is 0.280 e. The number of aryl methyl sites for hydroxylation is 3. The molecule has 4 rings (SSSR count). The molecule has 9 nitrogen and oxygen atoms in total. The van der Waals surface area contributed by atoms with E-state index in [2.05, 4.69) is 21.2 Å². The normalized spacial score (nSPS) is 23.5. The second kappa shape index (κ2) is 7.21. The van der Waals surface area contributed by atoms with Crippen LogP contribution in [0.4, 0.5) is 5.00 Å². The van der Waals surface area contributed by atoms with Crippen molar-refractivity contribution in [2.45, 2.75) is 44.7 Å². The molecule has 11 heteroatoms. The van der Waals surface area contributed by atoms with E-state index in [-0.39, 0.29) is 6.42 Å². The van der Waals surface area contributed by atoms with E-state index in [1.165, 1.54) is 18.4 Å². The first kappa shape index (κ1) is 20.0. The van der Waals surface area contributed by atoms with Crippen LogP contribution in [-0.2, 0) is 34.9 Å². The molecule has 1 amide bonds. The molecule has 2 aromatic heterocycles. The van der Waals surface area contributed by atoms with Crippen molar-refractivity contribution < 1.29 is 13.2 Å². The fourth-order valence-corrected chi connectivity index (χ4v) is 6.59. The Bertz CT molecular complexity index is 1130. The molecule has 154 valence electrons. The quantitative estimate of drug-likeness (QED) is 0.756. The van der Waals surface area contributed by atoms with E-state index in [1.54, 1.807) is 17.9 Å². The predicted octanol–water partition coefficient (Wildman–Crippen LogP) is 1.37. The van der Waals surface area contributed by atoms with Crippen molar-refractivity contribution in [3.05, 3.63) is 33.5 Å². The molecule has 0 bridgehead atoms. The lowest BCUT2D eigenvalue weighted by molar-refractivity contribution is -0.120. The lowest BCUT2D eigenvalue weighted by atomic mass is 10.00. The molecule has 1 saturated heterocycles. The lowest BCUT2D eigenvalue weighted by Gasteiger charge is -2.35.